The number of carbonyl (C=O) groups is 2. The minimum atomic E-state index is -0.922. The van der Waals surface area contributed by atoms with Gasteiger partial charge in [-0.15, -0.1) is 0 Å². The maximum Gasteiger partial charge on any atom is 0.300 e. The lowest BCUT2D eigenvalue weighted by molar-refractivity contribution is -0.384. The van der Waals surface area contributed by atoms with Crippen molar-refractivity contribution in [3.05, 3.63) is 111 Å². The largest absolute Gasteiger partial charge is 0.507 e. The third-order valence-electron chi connectivity index (χ3n) is 5.55. The normalized spacial score (nSPS) is 17.1. The van der Waals surface area contributed by atoms with E-state index < -0.39 is 28.4 Å². The summed E-state index contributed by atoms with van der Waals surface area (Å²) in [5.41, 5.74) is 2.13. The van der Waals surface area contributed by atoms with Gasteiger partial charge in [-0.05, 0) is 54.4 Å². The Balaban J connectivity index is 1.93. The van der Waals surface area contributed by atoms with Gasteiger partial charge in [-0.25, -0.2) is 0 Å². The summed E-state index contributed by atoms with van der Waals surface area (Å²) in [5, 5.41) is 31.1. The predicted molar refractivity (Wildman–Crippen MR) is 120 cm³/mol. The minimum absolute atomic E-state index is 0.118. The quantitative estimate of drug-likeness (QED) is 0.211. The lowest BCUT2D eigenvalue weighted by Crippen LogP contribution is -2.29. The molecular weight excluding hydrogens is 422 g/mol. The molecule has 8 nitrogen and oxygen atoms in total. The molecule has 3 aromatic rings. The molecule has 1 heterocycles. The Morgan fingerprint density at radius 1 is 1.03 bits per heavy atom. The number of hydrogen-bond donors (Lipinski definition) is 1. The number of amides is 1. The van der Waals surface area contributed by atoms with Gasteiger partial charge in [0.25, 0.3) is 17.4 Å². The SMILES string of the molecule is Cc1ccccc1C1/C(=C(\O)c2ccc([N+](=O)[O-])cc2)C(=O)C(=O)N1c1ccc(C#N)cc1. The Kier molecular flexibility index (Phi) is 5.46. The van der Waals surface area contributed by atoms with Crippen molar-refractivity contribution in [1.82, 2.24) is 0 Å². The summed E-state index contributed by atoms with van der Waals surface area (Å²) in [6, 6.07) is 19.6. The van der Waals surface area contributed by atoms with Crippen molar-refractivity contribution in [3.63, 3.8) is 0 Å². The second-order valence-electron chi connectivity index (χ2n) is 7.49. The lowest BCUT2D eigenvalue weighted by atomic mass is 9.92. The number of benzene rings is 3. The van der Waals surface area contributed by atoms with Crippen molar-refractivity contribution in [1.29, 1.82) is 5.26 Å². The van der Waals surface area contributed by atoms with E-state index >= 15 is 0 Å². The van der Waals surface area contributed by atoms with Crippen LogP contribution in [-0.4, -0.2) is 21.7 Å². The van der Waals surface area contributed by atoms with E-state index in [0.29, 0.717) is 16.8 Å². The number of anilines is 1. The number of non-ortho nitro benzene ring substituents is 1. The number of aliphatic hydroxyl groups excluding tert-OH is 1. The number of aryl methyl sites for hydroxylation is 1. The molecule has 1 aliphatic heterocycles. The summed E-state index contributed by atoms with van der Waals surface area (Å²) in [4.78, 5) is 37.9. The van der Waals surface area contributed by atoms with E-state index in [9.17, 15) is 24.8 Å². The molecule has 1 amide bonds. The van der Waals surface area contributed by atoms with E-state index in [1.807, 2.05) is 25.1 Å². The van der Waals surface area contributed by atoms with E-state index in [4.69, 9.17) is 5.26 Å². The van der Waals surface area contributed by atoms with Crippen LogP contribution in [0, 0.1) is 28.4 Å². The zero-order valence-corrected chi connectivity index (χ0v) is 17.4. The van der Waals surface area contributed by atoms with Crippen molar-refractivity contribution in [2.75, 3.05) is 4.90 Å². The molecule has 162 valence electrons. The minimum Gasteiger partial charge on any atom is -0.507 e. The third-order valence-corrected chi connectivity index (χ3v) is 5.55. The van der Waals surface area contributed by atoms with Crippen molar-refractivity contribution >= 4 is 28.8 Å². The van der Waals surface area contributed by atoms with Gasteiger partial charge in [0.05, 0.1) is 28.2 Å². The highest BCUT2D eigenvalue weighted by molar-refractivity contribution is 6.51. The predicted octanol–water partition coefficient (Wildman–Crippen LogP) is 4.40. The van der Waals surface area contributed by atoms with Crippen LogP contribution in [0.25, 0.3) is 5.76 Å². The molecule has 4 rings (SSSR count). The van der Waals surface area contributed by atoms with Gasteiger partial charge < -0.3 is 5.11 Å². The summed E-state index contributed by atoms with van der Waals surface area (Å²) in [7, 11) is 0. The summed E-state index contributed by atoms with van der Waals surface area (Å²) in [6.45, 7) is 1.83. The van der Waals surface area contributed by atoms with E-state index in [2.05, 4.69) is 0 Å². The van der Waals surface area contributed by atoms with Crippen LogP contribution in [0.15, 0.2) is 78.4 Å². The standard InChI is InChI=1S/C25H17N3O5/c1-15-4-2-3-5-20(15)22-21(23(29)17-8-12-19(13-9-17)28(32)33)24(30)25(31)27(22)18-10-6-16(14-26)7-11-18/h2-13,22,29H,1H3/b23-21+. The molecule has 0 aliphatic carbocycles. The zero-order valence-electron chi connectivity index (χ0n) is 17.4. The molecule has 0 saturated carbocycles. The van der Waals surface area contributed by atoms with Gasteiger partial charge in [-0.1, -0.05) is 24.3 Å². The fraction of sp³-hybridized carbons (Fsp3) is 0.0800. The zero-order chi connectivity index (χ0) is 23.7. The molecule has 0 aromatic heterocycles. The van der Waals surface area contributed by atoms with Gasteiger partial charge in [0.1, 0.15) is 5.76 Å². The first-order valence-corrected chi connectivity index (χ1v) is 9.95. The molecule has 1 N–H and O–H groups in total. The second kappa shape index (κ2) is 8.40. The van der Waals surface area contributed by atoms with Gasteiger partial charge in [-0.2, -0.15) is 5.26 Å². The summed E-state index contributed by atoms with van der Waals surface area (Å²) in [6.07, 6.45) is 0. The Morgan fingerprint density at radius 3 is 2.24 bits per heavy atom. The third kappa shape index (κ3) is 3.72. The number of aliphatic hydroxyl groups is 1. The van der Waals surface area contributed by atoms with Crippen LogP contribution in [0.4, 0.5) is 11.4 Å². The Hall–Kier alpha value is -4.77. The summed E-state index contributed by atoms with van der Waals surface area (Å²) >= 11 is 0. The van der Waals surface area contributed by atoms with E-state index in [-0.39, 0.29) is 16.8 Å². The molecule has 33 heavy (non-hydrogen) atoms. The first-order chi connectivity index (χ1) is 15.8. The maximum atomic E-state index is 13.1. The van der Waals surface area contributed by atoms with Gasteiger partial charge in [-0.3, -0.25) is 24.6 Å². The number of carbonyl (C=O) groups excluding carboxylic acids is 2. The number of hydrogen-bond acceptors (Lipinski definition) is 6. The van der Waals surface area contributed by atoms with Crippen molar-refractivity contribution in [2.45, 2.75) is 13.0 Å². The number of Topliss-reactive ketones (excluding diaryl/α,β-unsaturated/α-hetero) is 1. The Bertz CT molecular complexity index is 1350. The first kappa shape index (κ1) is 21.5. The highest BCUT2D eigenvalue weighted by atomic mass is 16.6. The van der Waals surface area contributed by atoms with Crippen LogP contribution in [0.5, 0.6) is 0 Å². The van der Waals surface area contributed by atoms with Gasteiger partial charge in [0.15, 0.2) is 0 Å². The highest BCUT2D eigenvalue weighted by Crippen LogP contribution is 2.43. The molecule has 0 bridgehead atoms. The number of nitro benzene ring substituents is 1. The Labute approximate surface area is 188 Å². The molecule has 1 aliphatic rings. The number of rotatable bonds is 4. The van der Waals surface area contributed by atoms with Gasteiger partial charge in [0, 0.05) is 23.4 Å². The number of nitrogens with zero attached hydrogens (tertiary/aromatic N) is 3. The number of nitro groups is 1. The van der Waals surface area contributed by atoms with Gasteiger partial charge in [0.2, 0.25) is 0 Å². The van der Waals surface area contributed by atoms with Crippen molar-refractivity contribution < 1.29 is 19.6 Å². The summed E-state index contributed by atoms with van der Waals surface area (Å²) < 4.78 is 0. The molecular formula is C25H17N3O5. The lowest BCUT2D eigenvalue weighted by Gasteiger charge is -2.26. The second-order valence-corrected chi connectivity index (χ2v) is 7.49. The van der Waals surface area contributed by atoms with Crippen LogP contribution in [0.1, 0.15) is 28.3 Å². The molecule has 0 radical (unpaired) electrons. The highest BCUT2D eigenvalue weighted by Gasteiger charge is 2.47. The number of ketones is 1. The fourth-order valence-corrected chi connectivity index (χ4v) is 3.88. The first-order valence-electron chi connectivity index (χ1n) is 9.95. The molecule has 1 fully saturated rings. The van der Waals surface area contributed by atoms with Crippen LogP contribution in [-0.2, 0) is 9.59 Å². The molecule has 1 saturated heterocycles. The molecule has 1 atom stereocenters. The van der Waals surface area contributed by atoms with Crippen LogP contribution in [0.3, 0.4) is 0 Å². The molecule has 1 unspecified atom stereocenters. The maximum absolute atomic E-state index is 13.1. The van der Waals surface area contributed by atoms with Gasteiger partial charge >= 0.3 is 0 Å². The van der Waals surface area contributed by atoms with Crippen LogP contribution < -0.4 is 4.90 Å². The van der Waals surface area contributed by atoms with E-state index in [0.717, 1.165) is 5.56 Å². The smallest absolute Gasteiger partial charge is 0.300 e. The van der Waals surface area contributed by atoms with Crippen LogP contribution in [0.2, 0.25) is 0 Å². The van der Waals surface area contributed by atoms with Crippen molar-refractivity contribution in [3.8, 4) is 6.07 Å². The topological polar surface area (TPSA) is 125 Å². The van der Waals surface area contributed by atoms with E-state index in [1.165, 1.54) is 29.2 Å². The Morgan fingerprint density at radius 2 is 1.67 bits per heavy atom. The average Bonchev–Trinajstić information content (AvgIpc) is 3.09. The average molecular weight is 439 g/mol. The monoisotopic (exact) mass is 439 g/mol. The number of nitriles is 1. The van der Waals surface area contributed by atoms with Crippen molar-refractivity contribution in [2.24, 2.45) is 0 Å². The molecule has 8 heteroatoms. The van der Waals surface area contributed by atoms with E-state index in [1.54, 1.807) is 36.4 Å². The van der Waals surface area contributed by atoms with Crippen LogP contribution >= 0.6 is 0 Å². The fourth-order valence-electron chi connectivity index (χ4n) is 3.88. The molecule has 3 aromatic carbocycles. The summed E-state index contributed by atoms with van der Waals surface area (Å²) in [5.74, 6) is -2.12. The molecule has 0 spiro atoms.